The number of nitrogens with one attached hydrogen (secondary N) is 1. The van der Waals surface area contributed by atoms with Crippen LogP contribution in [0.15, 0.2) is 22.7 Å². The SMILES string of the molecule is CCOC(=O)C(NCC(F)(F)F)c1ccc(F)cc1Br. The van der Waals surface area contributed by atoms with E-state index in [0.29, 0.717) is 0 Å². The number of benzene rings is 1. The van der Waals surface area contributed by atoms with Crippen molar-refractivity contribution in [3.8, 4) is 0 Å². The Morgan fingerprint density at radius 3 is 2.60 bits per heavy atom. The number of halogens is 5. The molecule has 0 amide bonds. The van der Waals surface area contributed by atoms with Crippen LogP contribution in [0.25, 0.3) is 0 Å². The third-order valence-corrected chi connectivity index (χ3v) is 2.99. The topological polar surface area (TPSA) is 38.3 Å². The molecular weight excluding hydrogens is 346 g/mol. The van der Waals surface area contributed by atoms with Crippen molar-refractivity contribution in [1.82, 2.24) is 5.32 Å². The van der Waals surface area contributed by atoms with Crippen LogP contribution in [0.2, 0.25) is 0 Å². The molecule has 3 nitrogen and oxygen atoms in total. The van der Waals surface area contributed by atoms with Crippen molar-refractivity contribution in [2.75, 3.05) is 13.2 Å². The molecule has 0 saturated carbocycles. The minimum atomic E-state index is -4.47. The molecule has 1 aromatic carbocycles. The second-order valence-electron chi connectivity index (χ2n) is 3.85. The lowest BCUT2D eigenvalue weighted by Gasteiger charge is -2.19. The molecular formula is C12H12BrF4NO2. The molecule has 1 rings (SSSR count). The number of ether oxygens (including phenoxy) is 1. The monoisotopic (exact) mass is 357 g/mol. The Morgan fingerprint density at radius 1 is 1.45 bits per heavy atom. The summed E-state index contributed by atoms with van der Waals surface area (Å²) in [4.78, 5) is 11.7. The van der Waals surface area contributed by atoms with Crippen LogP contribution < -0.4 is 5.32 Å². The molecule has 1 aromatic rings. The number of carbonyl (C=O) groups is 1. The van der Waals surface area contributed by atoms with E-state index in [0.717, 1.165) is 12.1 Å². The molecule has 0 heterocycles. The molecule has 0 aliphatic rings. The van der Waals surface area contributed by atoms with Crippen LogP contribution >= 0.6 is 15.9 Å². The van der Waals surface area contributed by atoms with Gasteiger partial charge in [-0.1, -0.05) is 22.0 Å². The summed E-state index contributed by atoms with van der Waals surface area (Å²) in [5, 5.41) is 2.07. The highest BCUT2D eigenvalue weighted by Crippen LogP contribution is 2.26. The molecule has 1 atom stereocenters. The second-order valence-corrected chi connectivity index (χ2v) is 4.70. The minimum absolute atomic E-state index is 0.0296. The van der Waals surface area contributed by atoms with E-state index in [2.05, 4.69) is 21.2 Å². The van der Waals surface area contributed by atoms with E-state index >= 15 is 0 Å². The normalized spacial score (nSPS) is 13.1. The second kappa shape index (κ2) is 7.03. The van der Waals surface area contributed by atoms with E-state index < -0.39 is 30.5 Å². The first-order chi connectivity index (χ1) is 9.24. The largest absolute Gasteiger partial charge is 0.465 e. The first kappa shape index (κ1) is 16.9. The molecule has 0 spiro atoms. The van der Waals surface area contributed by atoms with Crippen LogP contribution in [0.5, 0.6) is 0 Å². The molecule has 0 radical (unpaired) electrons. The molecule has 1 unspecified atom stereocenters. The molecule has 112 valence electrons. The number of hydrogen-bond acceptors (Lipinski definition) is 3. The predicted octanol–water partition coefficient (Wildman–Crippen LogP) is 3.34. The van der Waals surface area contributed by atoms with Gasteiger partial charge in [-0.3, -0.25) is 5.32 Å². The van der Waals surface area contributed by atoms with Gasteiger partial charge in [-0.15, -0.1) is 0 Å². The number of rotatable bonds is 5. The maximum absolute atomic E-state index is 13.0. The first-order valence-corrected chi connectivity index (χ1v) is 6.45. The van der Waals surface area contributed by atoms with Crippen LogP contribution in [0.1, 0.15) is 18.5 Å². The van der Waals surface area contributed by atoms with Crippen molar-refractivity contribution in [3.05, 3.63) is 34.1 Å². The van der Waals surface area contributed by atoms with Crippen LogP contribution in [0.3, 0.4) is 0 Å². The maximum Gasteiger partial charge on any atom is 0.401 e. The van der Waals surface area contributed by atoms with E-state index in [9.17, 15) is 22.4 Å². The Hall–Kier alpha value is -1.15. The standard InChI is InChI=1S/C12H12BrF4NO2/c1-2-20-11(19)10(18-6-12(15,16)17)8-4-3-7(14)5-9(8)13/h3-5,10,18H,2,6H2,1H3. The molecule has 0 bridgehead atoms. The van der Waals surface area contributed by atoms with E-state index in [1.54, 1.807) is 6.92 Å². The summed E-state index contributed by atoms with van der Waals surface area (Å²) >= 11 is 3.02. The number of alkyl halides is 3. The van der Waals surface area contributed by atoms with Crippen molar-refractivity contribution in [1.29, 1.82) is 0 Å². The zero-order valence-electron chi connectivity index (χ0n) is 10.4. The Morgan fingerprint density at radius 2 is 2.10 bits per heavy atom. The van der Waals surface area contributed by atoms with Gasteiger partial charge in [0.1, 0.15) is 11.9 Å². The van der Waals surface area contributed by atoms with Gasteiger partial charge in [-0.2, -0.15) is 13.2 Å². The molecule has 0 aliphatic carbocycles. The molecule has 0 aromatic heterocycles. The van der Waals surface area contributed by atoms with E-state index in [4.69, 9.17) is 4.74 Å². The lowest BCUT2D eigenvalue weighted by molar-refractivity contribution is -0.149. The van der Waals surface area contributed by atoms with Gasteiger partial charge < -0.3 is 4.74 Å². The predicted molar refractivity (Wildman–Crippen MR) is 67.5 cm³/mol. The van der Waals surface area contributed by atoms with E-state index in [1.165, 1.54) is 6.07 Å². The highest BCUT2D eigenvalue weighted by Gasteiger charge is 2.32. The number of carbonyl (C=O) groups excluding carboxylic acids is 1. The van der Waals surface area contributed by atoms with Gasteiger partial charge in [-0.25, -0.2) is 9.18 Å². The van der Waals surface area contributed by atoms with Crippen LogP contribution in [0.4, 0.5) is 17.6 Å². The Bertz CT molecular complexity index is 479. The quantitative estimate of drug-likeness (QED) is 0.648. The summed E-state index contributed by atoms with van der Waals surface area (Å²) in [6.07, 6.45) is -4.47. The average Bonchev–Trinajstić information content (AvgIpc) is 2.30. The lowest BCUT2D eigenvalue weighted by atomic mass is 10.1. The van der Waals surface area contributed by atoms with Gasteiger partial charge in [0.05, 0.1) is 13.2 Å². The smallest absolute Gasteiger partial charge is 0.401 e. The summed E-state index contributed by atoms with van der Waals surface area (Å²) in [6, 6.07) is 2.02. The molecule has 0 saturated heterocycles. The van der Waals surface area contributed by atoms with Gasteiger partial charge >= 0.3 is 12.1 Å². The van der Waals surface area contributed by atoms with Crippen molar-refractivity contribution in [2.24, 2.45) is 0 Å². The molecule has 0 fully saturated rings. The average molecular weight is 358 g/mol. The van der Waals surface area contributed by atoms with Crippen molar-refractivity contribution >= 4 is 21.9 Å². The zero-order chi connectivity index (χ0) is 15.3. The first-order valence-electron chi connectivity index (χ1n) is 5.66. The van der Waals surface area contributed by atoms with Crippen LogP contribution in [-0.2, 0) is 9.53 Å². The fourth-order valence-corrected chi connectivity index (χ4v) is 2.08. The Balaban J connectivity index is 3.00. The fraction of sp³-hybridized carbons (Fsp3) is 0.417. The lowest BCUT2D eigenvalue weighted by Crippen LogP contribution is -2.37. The van der Waals surface area contributed by atoms with E-state index in [1.807, 2.05) is 0 Å². The minimum Gasteiger partial charge on any atom is -0.465 e. The van der Waals surface area contributed by atoms with Gasteiger partial charge in [0.2, 0.25) is 0 Å². The van der Waals surface area contributed by atoms with Gasteiger partial charge in [0.15, 0.2) is 0 Å². The highest BCUT2D eigenvalue weighted by molar-refractivity contribution is 9.10. The number of esters is 1. The van der Waals surface area contributed by atoms with Crippen molar-refractivity contribution in [2.45, 2.75) is 19.1 Å². The summed E-state index contributed by atoms with van der Waals surface area (Å²) in [5.41, 5.74) is 0.175. The molecule has 20 heavy (non-hydrogen) atoms. The summed E-state index contributed by atoms with van der Waals surface area (Å²) in [6.45, 7) is 0.209. The highest BCUT2D eigenvalue weighted by atomic mass is 79.9. The van der Waals surface area contributed by atoms with Crippen molar-refractivity contribution < 1.29 is 27.1 Å². The Labute approximate surface area is 121 Å². The van der Waals surface area contributed by atoms with Crippen LogP contribution in [0, 0.1) is 5.82 Å². The van der Waals surface area contributed by atoms with E-state index in [-0.39, 0.29) is 16.6 Å². The third kappa shape index (κ3) is 5.09. The zero-order valence-corrected chi connectivity index (χ0v) is 12.0. The molecule has 0 aliphatic heterocycles. The Kier molecular flexibility index (Phi) is 5.94. The third-order valence-electron chi connectivity index (χ3n) is 2.30. The summed E-state index contributed by atoms with van der Waals surface area (Å²) < 4.78 is 54.7. The van der Waals surface area contributed by atoms with Gasteiger partial charge in [0, 0.05) is 4.47 Å². The summed E-state index contributed by atoms with van der Waals surface area (Å²) in [7, 11) is 0. The maximum atomic E-state index is 13.0. The number of hydrogen-bond donors (Lipinski definition) is 1. The van der Waals surface area contributed by atoms with Gasteiger partial charge in [-0.05, 0) is 24.6 Å². The fourth-order valence-electron chi connectivity index (χ4n) is 1.50. The van der Waals surface area contributed by atoms with Crippen LogP contribution in [-0.4, -0.2) is 25.3 Å². The molecule has 8 heteroatoms. The van der Waals surface area contributed by atoms with Crippen molar-refractivity contribution in [3.63, 3.8) is 0 Å². The van der Waals surface area contributed by atoms with Gasteiger partial charge in [0.25, 0.3) is 0 Å². The molecule has 1 N–H and O–H groups in total. The summed E-state index contributed by atoms with van der Waals surface area (Å²) in [5.74, 6) is -1.43.